The number of fused-ring (bicyclic) bond motifs is 1. The number of hydrogen-bond donors (Lipinski definition) is 1. The van der Waals surface area contributed by atoms with Crippen LogP contribution in [0.2, 0.25) is 0 Å². The predicted octanol–water partition coefficient (Wildman–Crippen LogP) is 3.32. The third kappa shape index (κ3) is 1.79. The van der Waals surface area contributed by atoms with E-state index in [9.17, 15) is 0 Å². The highest BCUT2D eigenvalue weighted by Crippen LogP contribution is 2.43. The molecule has 1 heterocycles. The largest absolute Gasteiger partial charge is 0.488 e. The second-order valence-corrected chi connectivity index (χ2v) is 4.93. The van der Waals surface area contributed by atoms with E-state index in [1.807, 2.05) is 6.07 Å². The molecular weight excluding hydrogens is 254 g/mol. The van der Waals surface area contributed by atoms with Gasteiger partial charge in [-0.2, -0.15) is 0 Å². The Balaban J connectivity index is 2.40. The molecule has 15 heavy (non-hydrogen) atoms. The van der Waals surface area contributed by atoms with E-state index in [2.05, 4.69) is 35.8 Å². The zero-order valence-electron chi connectivity index (χ0n) is 9.09. The summed E-state index contributed by atoms with van der Waals surface area (Å²) in [6, 6.07) is 4.12. The number of ether oxygens (including phenoxy) is 1. The Morgan fingerprint density at radius 2 is 2.20 bits per heavy atom. The summed E-state index contributed by atoms with van der Waals surface area (Å²) in [6.45, 7) is 4.22. The molecule has 0 aliphatic carbocycles. The van der Waals surface area contributed by atoms with Gasteiger partial charge in [0, 0.05) is 10.0 Å². The summed E-state index contributed by atoms with van der Waals surface area (Å²) < 4.78 is 6.98. The van der Waals surface area contributed by atoms with E-state index in [4.69, 9.17) is 10.5 Å². The zero-order valence-corrected chi connectivity index (χ0v) is 10.7. The molecule has 2 nitrogen and oxygen atoms in total. The summed E-state index contributed by atoms with van der Waals surface area (Å²) in [7, 11) is 0. The van der Waals surface area contributed by atoms with Crippen LogP contribution in [0.5, 0.6) is 5.75 Å². The molecule has 2 rings (SSSR count). The number of benzene rings is 1. The van der Waals surface area contributed by atoms with E-state index >= 15 is 0 Å². The van der Waals surface area contributed by atoms with Gasteiger partial charge in [0.15, 0.2) is 0 Å². The standard InChI is InChI=1S/C12H16BrNO/c1-3-4-9-11(14)10-8(13)6-5-7(2)12(10)15-9/h5-6,9,11H,3-4,14H2,1-2H3. The van der Waals surface area contributed by atoms with E-state index in [-0.39, 0.29) is 12.1 Å². The van der Waals surface area contributed by atoms with Crippen LogP contribution in [0.4, 0.5) is 0 Å². The second-order valence-electron chi connectivity index (χ2n) is 4.08. The molecule has 1 aromatic carbocycles. The summed E-state index contributed by atoms with van der Waals surface area (Å²) >= 11 is 3.54. The quantitative estimate of drug-likeness (QED) is 0.894. The van der Waals surface area contributed by atoms with E-state index in [0.717, 1.165) is 28.6 Å². The molecule has 2 N–H and O–H groups in total. The zero-order chi connectivity index (χ0) is 11.0. The molecule has 1 aromatic rings. The first-order valence-corrected chi connectivity index (χ1v) is 6.15. The van der Waals surface area contributed by atoms with Gasteiger partial charge in [-0.15, -0.1) is 0 Å². The Morgan fingerprint density at radius 3 is 2.80 bits per heavy atom. The fourth-order valence-corrected chi connectivity index (χ4v) is 2.66. The van der Waals surface area contributed by atoms with Crippen LogP contribution in [0.1, 0.15) is 36.9 Å². The lowest BCUT2D eigenvalue weighted by Gasteiger charge is -2.13. The maximum atomic E-state index is 6.19. The lowest BCUT2D eigenvalue weighted by molar-refractivity contribution is 0.194. The molecule has 82 valence electrons. The van der Waals surface area contributed by atoms with Crippen LogP contribution in [-0.4, -0.2) is 6.10 Å². The van der Waals surface area contributed by atoms with E-state index in [1.165, 1.54) is 5.56 Å². The Morgan fingerprint density at radius 1 is 1.47 bits per heavy atom. The number of rotatable bonds is 2. The number of aryl methyl sites for hydroxylation is 1. The minimum absolute atomic E-state index is 0.00854. The number of hydrogen-bond acceptors (Lipinski definition) is 2. The molecule has 1 aliphatic heterocycles. The molecule has 1 aliphatic rings. The van der Waals surface area contributed by atoms with E-state index in [1.54, 1.807) is 0 Å². The Bertz CT molecular complexity index is 378. The number of nitrogens with two attached hydrogens (primary N) is 1. The van der Waals surface area contributed by atoms with Crippen molar-refractivity contribution in [2.45, 2.75) is 38.8 Å². The lowest BCUT2D eigenvalue weighted by atomic mass is 10.0. The first-order chi connectivity index (χ1) is 7.15. The lowest BCUT2D eigenvalue weighted by Crippen LogP contribution is -2.25. The molecule has 0 bridgehead atoms. The van der Waals surface area contributed by atoms with Gasteiger partial charge in [0.25, 0.3) is 0 Å². The third-order valence-electron chi connectivity index (χ3n) is 2.92. The fraction of sp³-hybridized carbons (Fsp3) is 0.500. The van der Waals surface area contributed by atoms with E-state index < -0.39 is 0 Å². The van der Waals surface area contributed by atoms with Gasteiger partial charge in [-0.1, -0.05) is 35.3 Å². The van der Waals surface area contributed by atoms with Crippen molar-refractivity contribution in [3.05, 3.63) is 27.7 Å². The van der Waals surface area contributed by atoms with Crippen LogP contribution >= 0.6 is 15.9 Å². The summed E-state index contributed by atoms with van der Waals surface area (Å²) in [5.41, 5.74) is 8.49. The molecule has 2 atom stereocenters. The molecule has 0 radical (unpaired) electrons. The van der Waals surface area contributed by atoms with Crippen LogP contribution < -0.4 is 10.5 Å². The van der Waals surface area contributed by atoms with Gasteiger partial charge >= 0.3 is 0 Å². The normalized spacial score (nSPS) is 23.7. The van der Waals surface area contributed by atoms with Crippen LogP contribution in [0.25, 0.3) is 0 Å². The molecule has 2 unspecified atom stereocenters. The Labute approximate surface area is 98.9 Å². The average Bonchev–Trinajstić information content (AvgIpc) is 2.53. The van der Waals surface area contributed by atoms with Crippen molar-refractivity contribution in [3.8, 4) is 5.75 Å². The monoisotopic (exact) mass is 269 g/mol. The SMILES string of the molecule is CCCC1Oc2c(C)ccc(Br)c2C1N. The summed E-state index contributed by atoms with van der Waals surface area (Å²) in [6.07, 6.45) is 2.26. The first-order valence-electron chi connectivity index (χ1n) is 5.36. The maximum absolute atomic E-state index is 6.19. The molecule has 0 saturated carbocycles. The van der Waals surface area contributed by atoms with Gasteiger partial charge in [-0.05, 0) is 25.0 Å². The van der Waals surface area contributed by atoms with E-state index in [0.29, 0.717) is 0 Å². The van der Waals surface area contributed by atoms with Crippen molar-refractivity contribution in [3.63, 3.8) is 0 Å². The van der Waals surface area contributed by atoms with Crippen LogP contribution in [0.15, 0.2) is 16.6 Å². The molecule has 0 aromatic heterocycles. The van der Waals surface area contributed by atoms with Gasteiger partial charge < -0.3 is 10.5 Å². The summed E-state index contributed by atoms with van der Waals surface area (Å²) in [4.78, 5) is 0. The summed E-state index contributed by atoms with van der Waals surface area (Å²) in [5, 5.41) is 0. The van der Waals surface area contributed by atoms with Crippen LogP contribution in [0, 0.1) is 6.92 Å². The van der Waals surface area contributed by atoms with Crippen molar-refractivity contribution in [1.82, 2.24) is 0 Å². The minimum Gasteiger partial charge on any atom is -0.488 e. The minimum atomic E-state index is 0.00854. The Kier molecular flexibility index (Phi) is 3.03. The van der Waals surface area contributed by atoms with Crippen LogP contribution in [-0.2, 0) is 0 Å². The first kappa shape index (κ1) is 11.0. The predicted molar refractivity (Wildman–Crippen MR) is 65.1 cm³/mol. The van der Waals surface area contributed by atoms with Crippen LogP contribution in [0.3, 0.4) is 0 Å². The highest BCUT2D eigenvalue weighted by atomic mass is 79.9. The van der Waals surface area contributed by atoms with Crippen molar-refractivity contribution in [2.24, 2.45) is 5.73 Å². The van der Waals surface area contributed by atoms with Gasteiger partial charge in [-0.25, -0.2) is 0 Å². The van der Waals surface area contributed by atoms with Gasteiger partial charge in [0.1, 0.15) is 11.9 Å². The van der Waals surface area contributed by atoms with Crippen molar-refractivity contribution in [2.75, 3.05) is 0 Å². The number of halogens is 1. The molecular formula is C12H16BrNO. The topological polar surface area (TPSA) is 35.2 Å². The Hall–Kier alpha value is -0.540. The molecule has 0 amide bonds. The highest BCUT2D eigenvalue weighted by molar-refractivity contribution is 9.10. The molecule has 0 saturated heterocycles. The van der Waals surface area contributed by atoms with Gasteiger partial charge in [-0.3, -0.25) is 0 Å². The van der Waals surface area contributed by atoms with Gasteiger partial charge in [0.05, 0.1) is 6.04 Å². The fourth-order valence-electron chi connectivity index (χ4n) is 2.09. The molecule has 3 heteroatoms. The average molecular weight is 270 g/mol. The smallest absolute Gasteiger partial charge is 0.128 e. The summed E-state index contributed by atoms with van der Waals surface area (Å²) in [5.74, 6) is 0.982. The van der Waals surface area contributed by atoms with Gasteiger partial charge in [0.2, 0.25) is 0 Å². The second kappa shape index (κ2) is 4.14. The van der Waals surface area contributed by atoms with Crippen molar-refractivity contribution >= 4 is 15.9 Å². The highest BCUT2D eigenvalue weighted by Gasteiger charge is 2.33. The maximum Gasteiger partial charge on any atom is 0.128 e. The molecule has 0 fully saturated rings. The van der Waals surface area contributed by atoms with Crippen molar-refractivity contribution in [1.29, 1.82) is 0 Å². The third-order valence-corrected chi connectivity index (χ3v) is 3.61. The van der Waals surface area contributed by atoms with Crippen molar-refractivity contribution < 1.29 is 4.74 Å². The molecule has 0 spiro atoms.